The molecule has 0 saturated carbocycles. The van der Waals surface area contributed by atoms with Gasteiger partial charge in [0.2, 0.25) is 15.9 Å². The number of nitrogens with one attached hydrogen (secondary N) is 2. The van der Waals surface area contributed by atoms with Crippen molar-refractivity contribution in [3.8, 4) is 0 Å². The highest BCUT2D eigenvalue weighted by Gasteiger charge is 2.25. The van der Waals surface area contributed by atoms with Gasteiger partial charge in [-0.15, -0.1) is 0 Å². The standard InChI is InChI=1S/C20H24ClN3O4S/c1-5-24(6-2)29(27,28)19-12-15(7-9-17(19)21)20(26)23-16-8-10-18(13(3)11-16)22-14(4)25/h7-12H,5-6H2,1-4H3,(H,22,25)(H,23,26). The molecule has 2 aromatic carbocycles. The van der Waals surface area contributed by atoms with Gasteiger partial charge in [-0.05, 0) is 48.9 Å². The molecule has 156 valence electrons. The van der Waals surface area contributed by atoms with Crippen molar-refractivity contribution in [2.45, 2.75) is 32.6 Å². The Kier molecular flexibility index (Phi) is 7.40. The van der Waals surface area contributed by atoms with Crippen LogP contribution in [0.3, 0.4) is 0 Å². The highest BCUT2D eigenvalue weighted by Crippen LogP contribution is 2.27. The average molecular weight is 438 g/mol. The summed E-state index contributed by atoms with van der Waals surface area (Å²) in [6.07, 6.45) is 0. The topological polar surface area (TPSA) is 95.6 Å². The minimum Gasteiger partial charge on any atom is -0.326 e. The third-order valence-corrected chi connectivity index (χ3v) is 6.84. The number of hydrogen-bond donors (Lipinski definition) is 2. The molecule has 7 nitrogen and oxygen atoms in total. The molecule has 2 rings (SSSR count). The van der Waals surface area contributed by atoms with E-state index in [4.69, 9.17) is 11.6 Å². The lowest BCUT2D eigenvalue weighted by molar-refractivity contribution is -0.114. The van der Waals surface area contributed by atoms with Crippen molar-refractivity contribution in [1.82, 2.24) is 4.31 Å². The first-order valence-electron chi connectivity index (χ1n) is 9.09. The SMILES string of the molecule is CCN(CC)S(=O)(=O)c1cc(C(=O)Nc2ccc(NC(C)=O)c(C)c2)ccc1Cl. The molecule has 29 heavy (non-hydrogen) atoms. The van der Waals surface area contributed by atoms with Crippen molar-refractivity contribution in [3.05, 3.63) is 52.5 Å². The summed E-state index contributed by atoms with van der Waals surface area (Å²) < 4.78 is 26.9. The Hall–Kier alpha value is -2.42. The molecule has 2 N–H and O–H groups in total. The molecule has 2 amide bonds. The molecular weight excluding hydrogens is 414 g/mol. The fraction of sp³-hybridized carbons (Fsp3) is 0.300. The number of benzene rings is 2. The highest BCUT2D eigenvalue weighted by atomic mass is 35.5. The number of hydrogen-bond acceptors (Lipinski definition) is 4. The van der Waals surface area contributed by atoms with Crippen molar-refractivity contribution < 1.29 is 18.0 Å². The van der Waals surface area contributed by atoms with Crippen LogP contribution in [-0.4, -0.2) is 37.6 Å². The molecule has 0 saturated heterocycles. The van der Waals surface area contributed by atoms with E-state index in [-0.39, 0.29) is 21.4 Å². The number of nitrogens with zero attached hydrogens (tertiary/aromatic N) is 1. The Bertz CT molecular complexity index is 1030. The maximum Gasteiger partial charge on any atom is 0.255 e. The number of aryl methyl sites for hydroxylation is 1. The number of halogens is 1. The Morgan fingerprint density at radius 3 is 2.24 bits per heavy atom. The van der Waals surface area contributed by atoms with Crippen molar-refractivity contribution in [2.75, 3.05) is 23.7 Å². The van der Waals surface area contributed by atoms with E-state index >= 15 is 0 Å². The van der Waals surface area contributed by atoms with Crippen LogP contribution in [0.25, 0.3) is 0 Å². The molecule has 0 atom stereocenters. The Labute approximate surface area is 176 Å². The number of carbonyl (C=O) groups excluding carboxylic acids is 2. The fourth-order valence-corrected chi connectivity index (χ4v) is 4.78. The maximum atomic E-state index is 12.8. The largest absolute Gasteiger partial charge is 0.326 e. The zero-order valence-corrected chi connectivity index (χ0v) is 18.3. The van der Waals surface area contributed by atoms with Crippen molar-refractivity contribution in [1.29, 1.82) is 0 Å². The van der Waals surface area contributed by atoms with Gasteiger partial charge in [0.05, 0.1) is 5.02 Å². The van der Waals surface area contributed by atoms with E-state index in [1.807, 2.05) is 0 Å². The molecule has 0 fully saturated rings. The normalized spacial score (nSPS) is 11.4. The Morgan fingerprint density at radius 2 is 1.69 bits per heavy atom. The molecular formula is C20H24ClN3O4S. The molecule has 0 heterocycles. The minimum atomic E-state index is -3.80. The second-order valence-corrected chi connectivity index (χ2v) is 8.71. The van der Waals surface area contributed by atoms with Crippen LogP contribution >= 0.6 is 11.6 Å². The lowest BCUT2D eigenvalue weighted by Crippen LogP contribution is -2.31. The van der Waals surface area contributed by atoms with Gasteiger partial charge in [0.1, 0.15) is 4.90 Å². The highest BCUT2D eigenvalue weighted by molar-refractivity contribution is 7.89. The number of rotatable bonds is 7. The van der Waals surface area contributed by atoms with E-state index in [0.29, 0.717) is 24.5 Å². The second-order valence-electron chi connectivity index (χ2n) is 6.40. The average Bonchev–Trinajstić information content (AvgIpc) is 2.64. The van der Waals surface area contributed by atoms with Crippen LogP contribution in [0, 0.1) is 6.92 Å². The van der Waals surface area contributed by atoms with Gasteiger partial charge < -0.3 is 10.6 Å². The van der Waals surface area contributed by atoms with Crippen LogP contribution in [0.4, 0.5) is 11.4 Å². The molecule has 0 spiro atoms. The smallest absolute Gasteiger partial charge is 0.255 e. The van der Waals surface area contributed by atoms with Gasteiger partial charge in [0.25, 0.3) is 5.91 Å². The molecule has 2 aromatic rings. The van der Waals surface area contributed by atoms with Crippen LogP contribution in [0.15, 0.2) is 41.3 Å². The number of sulfonamides is 1. The zero-order valence-electron chi connectivity index (χ0n) is 16.7. The van der Waals surface area contributed by atoms with Gasteiger partial charge in [-0.1, -0.05) is 25.4 Å². The van der Waals surface area contributed by atoms with Gasteiger partial charge in [0.15, 0.2) is 0 Å². The van der Waals surface area contributed by atoms with E-state index in [1.165, 1.54) is 29.4 Å². The summed E-state index contributed by atoms with van der Waals surface area (Å²) in [7, 11) is -3.80. The monoisotopic (exact) mass is 437 g/mol. The summed E-state index contributed by atoms with van der Waals surface area (Å²) >= 11 is 6.11. The zero-order chi connectivity index (χ0) is 21.8. The summed E-state index contributed by atoms with van der Waals surface area (Å²) in [5, 5.41) is 5.49. The van der Waals surface area contributed by atoms with E-state index in [9.17, 15) is 18.0 Å². The fourth-order valence-electron chi connectivity index (χ4n) is 2.82. The summed E-state index contributed by atoms with van der Waals surface area (Å²) in [5.41, 5.74) is 2.11. The molecule has 0 unspecified atom stereocenters. The first-order valence-corrected chi connectivity index (χ1v) is 10.9. The molecule has 0 aliphatic carbocycles. The Morgan fingerprint density at radius 1 is 1.03 bits per heavy atom. The first-order chi connectivity index (χ1) is 13.6. The van der Waals surface area contributed by atoms with Crippen LogP contribution in [0.2, 0.25) is 5.02 Å². The van der Waals surface area contributed by atoms with E-state index in [2.05, 4.69) is 10.6 Å². The van der Waals surface area contributed by atoms with Crippen molar-refractivity contribution >= 4 is 44.8 Å². The van der Waals surface area contributed by atoms with E-state index in [0.717, 1.165) is 5.56 Å². The number of anilines is 2. The molecule has 9 heteroatoms. The third kappa shape index (κ3) is 5.35. The van der Waals surface area contributed by atoms with E-state index in [1.54, 1.807) is 39.0 Å². The van der Waals surface area contributed by atoms with Crippen molar-refractivity contribution in [3.63, 3.8) is 0 Å². The lowest BCUT2D eigenvalue weighted by atomic mass is 10.1. The van der Waals surface area contributed by atoms with Crippen LogP contribution in [0.1, 0.15) is 36.7 Å². The summed E-state index contributed by atoms with van der Waals surface area (Å²) in [4.78, 5) is 23.8. The third-order valence-electron chi connectivity index (χ3n) is 4.31. The Balaban J connectivity index is 2.31. The second kappa shape index (κ2) is 9.39. The first kappa shape index (κ1) is 22.9. The van der Waals surface area contributed by atoms with Crippen LogP contribution in [0.5, 0.6) is 0 Å². The summed E-state index contributed by atoms with van der Waals surface area (Å²) in [6, 6.07) is 9.20. The lowest BCUT2D eigenvalue weighted by Gasteiger charge is -2.19. The number of amides is 2. The summed E-state index contributed by atoms with van der Waals surface area (Å²) in [6.45, 7) is 7.28. The van der Waals surface area contributed by atoms with Gasteiger partial charge >= 0.3 is 0 Å². The predicted molar refractivity (Wildman–Crippen MR) is 115 cm³/mol. The molecule has 0 aliphatic rings. The molecule has 0 aliphatic heterocycles. The summed E-state index contributed by atoms with van der Waals surface area (Å²) in [5.74, 6) is -0.655. The van der Waals surface area contributed by atoms with Gasteiger partial charge in [-0.25, -0.2) is 8.42 Å². The molecule has 0 radical (unpaired) electrons. The molecule has 0 aromatic heterocycles. The number of carbonyl (C=O) groups is 2. The molecule has 0 bridgehead atoms. The van der Waals surface area contributed by atoms with Gasteiger partial charge in [-0.2, -0.15) is 4.31 Å². The maximum absolute atomic E-state index is 12.8. The van der Waals surface area contributed by atoms with Crippen molar-refractivity contribution in [2.24, 2.45) is 0 Å². The van der Waals surface area contributed by atoms with Gasteiger partial charge in [0, 0.05) is 37.0 Å². The van der Waals surface area contributed by atoms with Crippen LogP contribution in [-0.2, 0) is 14.8 Å². The predicted octanol–water partition coefficient (Wildman–Crippen LogP) is 3.89. The van der Waals surface area contributed by atoms with Gasteiger partial charge in [-0.3, -0.25) is 9.59 Å². The van der Waals surface area contributed by atoms with E-state index < -0.39 is 15.9 Å². The quantitative estimate of drug-likeness (QED) is 0.686. The van der Waals surface area contributed by atoms with Crippen LogP contribution < -0.4 is 10.6 Å². The minimum absolute atomic E-state index is 0.0592.